The molecular weight excluding hydrogens is 302 g/mol. The summed E-state index contributed by atoms with van der Waals surface area (Å²) in [6.45, 7) is 7.87. The Morgan fingerprint density at radius 3 is 2.46 bits per heavy atom. The number of nitrogens with one attached hydrogen (secondary N) is 1. The Kier molecular flexibility index (Phi) is 5.67. The molecule has 2 aromatic rings. The van der Waals surface area contributed by atoms with Crippen molar-refractivity contribution in [2.24, 2.45) is 0 Å². The van der Waals surface area contributed by atoms with Crippen LogP contribution in [0.4, 0.5) is 0 Å². The molecule has 1 aliphatic heterocycles. The Hall–Kier alpha value is -2.11. The van der Waals surface area contributed by atoms with E-state index in [0.717, 1.165) is 38.5 Å². The number of carbonyl (C=O) groups excluding carboxylic acids is 1. The van der Waals surface area contributed by atoms with Crippen LogP contribution in [0, 0.1) is 6.92 Å². The molecule has 0 saturated carbocycles. The van der Waals surface area contributed by atoms with Gasteiger partial charge in [-0.1, -0.05) is 29.8 Å². The fourth-order valence-electron chi connectivity index (χ4n) is 2.92. The number of hydrogen-bond donors (Lipinski definition) is 1. The number of piperazine rings is 1. The van der Waals surface area contributed by atoms with Gasteiger partial charge in [-0.25, -0.2) is 0 Å². The number of hydrogen-bond acceptors (Lipinski definition) is 4. The average molecular weight is 327 g/mol. The molecule has 1 fully saturated rings. The van der Waals surface area contributed by atoms with Crippen molar-refractivity contribution in [3.8, 4) is 0 Å². The Morgan fingerprint density at radius 2 is 1.79 bits per heavy atom. The van der Waals surface area contributed by atoms with Crippen LogP contribution in [0.5, 0.6) is 0 Å². The largest absolute Gasteiger partial charge is 0.467 e. The lowest BCUT2D eigenvalue weighted by molar-refractivity contribution is -0.122. The highest BCUT2D eigenvalue weighted by Crippen LogP contribution is 2.09. The van der Waals surface area contributed by atoms with Crippen molar-refractivity contribution in [1.82, 2.24) is 15.1 Å². The molecule has 0 atom stereocenters. The molecule has 1 saturated heterocycles. The summed E-state index contributed by atoms with van der Waals surface area (Å²) in [5.74, 6) is 0.838. The van der Waals surface area contributed by atoms with Crippen LogP contribution in [0.15, 0.2) is 47.1 Å². The second-order valence-electron chi connectivity index (χ2n) is 6.39. The van der Waals surface area contributed by atoms with Gasteiger partial charge in [0.1, 0.15) is 5.76 Å². The van der Waals surface area contributed by atoms with Gasteiger partial charge in [0.15, 0.2) is 0 Å². The van der Waals surface area contributed by atoms with E-state index in [2.05, 4.69) is 46.3 Å². The summed E-state index contributed by atoms with van der Waals surface area (Å²) in [5.41, 5.74) is 2.65. The van der Waals surface area contributed by atoms with Gasteiger partial charge in [-0.05, 0) is 24.6 Å². The lowest BCUT2D eigenvalue weighted by atomic mass is 10.1. The molecule has 1 aromatic heterocycles. The topological polar surface area (TPSA) is 48.7 Å². The standard InChI is InChI=1S/C19H25N3O2/c1-16-4-6-17(7-5-16)14-21-8-10-22(11-9-21)15-19(23)20-13-18-3-2-12-24-18/h2-7,12H,8-11,13-15H2,1H3,(H,20,23). The van der Waals surface area contributed by atoms with E-state index in [4.69, 9.17) is 4.42 Å². The minimum absolute atomic E-state index is 0.0541. The van der Waals surface area contributed by atoms with Crippen LogP contribution >= 0.6 is 0 Å². The van der Waals surface area contributed by atoms with E-state index < -0.39 is 0 Å². The van der Waals surface area contributed by atoms with Crippen LogP contribution in [0.3, 0.4) is 0 Å². The zero-order valence-electron chi connectivity index (χ0n) is 14.2. The lowest BCUT2D eigenvalue weighted by Gasteiger charge is -2.34. The molecule has 0 aliphatic carbocycles. The number of amides is 1. The van der Waals surface area contributed by atoms with Gasteiger partial charge in [0, 0.05) is 32.7 Å². The second kappa shape index (κ2) is 8.13. The van der Waals surface area contributed by atoms with Gasteiger partial charge in [0.05, 0.1) is 19.4 Å². The molecule has 3 rings (SSSR count). The molecule has 128 valence electrons. The van der Waals surface area contributed by atoms with Gasteiger partial charge >= 0.3 is 0 Å². The van der Waals surface area contributed by atoms with Crippen LogP contribution in [-0.4, -0.2) is 48.4 Å². The summed E-state index contributed by atoms with van der Waals surface area (Å²) in [7, 11) is 0. The first-order valence-corrected chi connectivity index (χ1v) is 8.48. The van der Waals surface area contributed by atoms with Crippen LogP contribution in [0.2, 0.25) is 0 Å². The molecule has 0 bridgehead atoms. The number of furan rings is 1. The lowest BCUT2D eigenvalue weighted by Crippen LogP contribution is -2.49. The van der Waals surface area contributed by atoms with Crippen LogP contribution in [0.1, 0.15) is 16.9 Å². The number of rotatable bonds is 6. The van der Waals surface area contributed by atoms with Crippen molar-refractivity contribution in [2.75, 3.05) is 32.7 Å². The first-order chi connectivity index (χ1) is 11.7. The third-order valence-corrected chi connectivity index (χ3v) is 4.40. The van der Waals surface area contributed by atoms with Crippen molar-refractivity contribution in [3.63, 3.8) is 0 Å². The summed E-state index contributed by atoms with van der Waals surface area (Å²) in [6.07, 6.45) is 1.62. The maximum Gasteiger partial charge on any atom is 0.234 e. The van der Waals surface area contributed by atoms with E-state index in [9.17, 15) is 4.79 Å². The van der Waals surface area contributed by atoms with E-state index in [-0.39, 0.29) is 5.91 Å². The van der Waals surface area contributed by atoms with Gasteiger partial charge < -0.3 is 9.73 Å². The van der Waals surface area contributed by atoms with Gasteiger partial charge in [0.2, 0.25) is 5.91 Å². The average Bonchev–Trinajstić information content (AvgIpc) is 3.10. The molecule has 24 heavy (non-hydrogen) atoms. The van der Waals surface area contributed by atoms with E-state index >= 15 is 0 Å². The van der Waals surface area contributed by atoms with E-state index in [1.807, 2.05) is 12.1 Å². The maximum absolute atomic E-state index is 12.0. The molecule has 1 N–H and O–H groups in total. The Labute approximate surface area is 143 Å². The molecule has 0 spiro atoms. The first kappa shape index (κ1) is 16.7. The molecule has 5 nitrogen and oxygen atoms in total. The summed E-state index contributed by atoms with van der Waals surface area (Å²) in [6, 6.07) is 12.4. The summed E-state index contributed by atoms with van der Waals surface area (Å²) in [5, 5.41) is 2.90. The normalized spacial score (nSPS) is 16.2. The summed E-state index contributed by atoms with van der Waals surface area (Å²) in [4.78, 5) is 16.7. The number of aryl methyl sites for hydroxylation is 1. The van der Waals surface area contributed by atoms with Gasteiger partial charge in [-0.2, -0.15) is 0 Å². The zero-order valence-corrected chi connectivity index (χ0v) is 14.2. The number of carbonyl (C=O) groups is 1. The van der Waals surface area contributed by atoms with Crippen molar-refractivity contribution in [1.29, 1.82) is 0 Å². The minimum atomic E-state index is 0.0541. The molecule has 1 aromatic carbocycles. The van der Waals surface area contributed by atoms with Gasteiger partial charge in [0.25, 0.3) is 0 Å². The van der Waals surface area contributed by atoms with Gasteiger partial charge in [-0.15, -0.1) is 0 Å². The fraction of sp³-hybridized carbons (Fsp3) is 0.421. The molecule has 0 unspecified atom stereocenters. The number of nitrogens with zero attached hydrogens (tertiary/aromatic N) is 2. The molecule has 5 heteroatoms. The van der Waals surface area contributed by atoms with Crippen molar-refractivity contribution < 1.29 is 9.21 Å². The van der Waals surface area contributed by atoms with Crippen LogP contribution in [-0.2, 0) is 17.9 Å². The molecule has 1 aliphatic rings. The van der Waals surface area contributed by atoms with Crippen LogP contribution in [0.25, 0.3) is 0 Å². The smallest absolute Gasteiger partial charge is 0.234 e. The Balaban J connectivity index is 1.37. The maximum atomic E-state index is 12.0. The van der Waals surface area contributed by atoms with E-state index in [0.29, 0.717) is 13.1 Å². The van der Waals surface area contributed by atoms with E-state index in [1.165, 1.54) is 11.1 Å². The van der Waals surface area contributed by atoms with E-state index in [1.54, 1.807) is 6.26 Å². The number of benzene rings is 1. The molecular formula is C19H25N3O2. The van der Waals surface area contributed by atoms with Crippen molar-refractivity contribution >= 4 is 5.91 Å². The molecule has 2 heterocycles. The molecule has 1 amide bonds. The first-order valence-electron chi connectivity index (χ1n) is 8.48. The Morgan fingerprint density at radius 1 is 1.08 bits per heavy atom. The minimum Gasteiger partial charge on any atom is -0.467 e. The van der Waals surface area contributed by atoms with Gasteiger partial charge in [-0.3, -0.25) is 14.6 Å². The fourth-order valence-corrected chi connectivity index (χ4v) is 2.92. The Bertz CT molecular complexity index is 629. The molecule has 0 radical (unpaired) electrons. The second-order valence-corrected chi connectivity index (χ2v) is 6.39. The predicted molar refractivity (Wildman–Crippen MR) is 93.5 cm³/mol. The third kappa shape index (κ3) is 4.94. The zero-order chi connectivity index (χ0) is 16.8. The van der Waals surface area contributed by atoms with Crippen molar-refractivity contribution in [2.45, 2.75) is 20.0 Å². The van der Waals surface area contributed by atoms with Crippen molar-refractivity contribution in [3.05, 3.63) is 59.5 Å². The highest BCUT2D eigenvalue weighted by Gasteiger charge is 2.19. The SMILES string of the molecule is Cc1ccc(CN2CCN(CC(=O)NCc3ccco3)CC2)cc1. The monoisotopic (exact) mass is 327 g/mol. The predicted octanol–water partition coefficient (Wildman–Crippen LogP) is 2.02. The third-order valence-electron chi connectivity index (χ3n) is 4.40. The summed E-state index contributed by atoms with van der Waals surface area (Å²) < 4.78 is 5.22. The highest BCUT2D eigenvalue weighted by molar-refractivity contribution is 5.77. The quantitative estimate of drug-likeness (QED) is 0.882. The summed E-state index contributed by atoms with van der Waals surface area (Å²) >= 11 is 0. The van der Waals surface area contributed by atoms with Crippen LogP contribution < -0.4 is 5.32 Å². The highest BCUT2D eigenvalue weighted by atomic mass is 16.3.